The predicted molar refractivity (Wildman–Crippen MR) is 76.7 cm³/mol. The van der Waals surface area contributed by atoms with Gasteiger partial charge < -0.3 is 11.1 Å². The minimum absolute atomic E-state index is 0.0590. The highest BCUT2D eigenvalue weighted by molar-refractivity contribution is 9.10. The van der Waals surface area contributed by atoms with Gasteiger partial charge in [-0.2, -0.15) is 0 Å². The van der Waals surface area contributed by atoms with Crippen LogP contribution < -0.4 is 11.1 Å². The smallest absolute Gasteiger partial charge is 0.293 e. The van der Waals surface area contributed by atoms with Gasteiger partial charge in [-0.05, 0) is 28.8 Å². The number of nitro benzene ring substituents is 1. The summed E-state index contributed by atoms with van der Waals surface area (Å²) in [6, 6.07) is 2.26. The summed E-state index contributed by atoms with van der Waals surface area (Å²) in [7, 11) is 0. The van der Waals surface area contributed by atoms with Crippen LogP contribution in [0.5, 0.6) is 0 Å². The summed E-state index contributed by atoms with van der Waals surface area (Å²) < 4.78 is 13.6. The highest BCUT2D eigenvalue weighted by Gasteiger charge is 2.30. The maximum Gasteiger partial charge on any atom is 0.293 e. The van der Waals surface area contributed by atoms with Crippen LogP contribution in [0.2, 0.25) is 0 Å². The average molecular weight is 334 g/mol. The average Bonchev–Trinajstić information content (AvgIpc) is 2.32. The molecule has 1 aromatic rings. The van der Waals surface area contributed by atoms with E-state index in [1.54, 1.807) is 0 Å². The van der Waals surface area contributed by atoms with Gasteiger partial charge in [-0.1, -0.05) is 13.8 Å². The standard InChI is InChI=1S/C12H17BrFN3O2/c1-7(2)12(3,6-15)16-10-5-9(14)8(13)4-11(10)17(18)19/h4-5,7,16H,6,15H2,1-3H3. The number of nitro groups is 1. The van der Waals surface area contributed by atoms with Gasteiger partial charge in [-0.15, -0.1) is 0 Å². The van der Waals surface area contributed by atoms with Crippen LogP contribution >= 0.6 is 15.9 Å². The van der Waals surface area contributed by atoms with E-state index in [2.05, 4.69) is 21.2 Å². The van der Waals surface area contributed by atoms with Crippen molar-refractivity contribution >= 4 is 27.3 Å². The van der Waals surface area contributed by atoms with Crippen molar-refractivity contribution in [1.82, 2.24) is 0 Å². The topological polar surface area (TPSA) is 81.2 Å². The fourth-order valence-corrected chi connectivity index (χ4v) is 1.86. The molecule has 3 N–H and O–H groups in total. The Balaban J connectivity index is 3.26. The van der Waals surface area contributed by atoms with Crippen LogP contribution in [-0.4, -0.2) is 17.0 Å². The lowest BCUT2D eigenvalue weighted by molar-refractivity contribution is -0.384. The lowest BCUT2D eigenvalue weighted by Gasteiger charge is -2.34. The lowest BCUT2D eigenvalue weighted by atomic mass is 9.88. The van der Waals surface area contributed by atoms with Crippen molar-refractivity contribution in [2.45, 2.75) is 26.3 Å². The Morgan fingerprint density at radius 1 is 1.58 bits per heavy atom. The van der Waals surface area contributed by atoms with Crippen molar-refractivity contribution < 1.29 is 9.31 Å². The molecule has 0 aliphatic rings. The number of nitrogens with zero attached hydrogens (tertiary/aromatic N) is 1. The highest BCUT2D eigenvalue weighted by atomic mass is 79.9. The van der Waals surface area contributed by atoms with Gasteiger partial charge in [-0.25, -0.2) is 4.39 Å². The molecule has 5 nitrogen and oxygen atoms in total. The molecule has 1 rings (SSSR count). The molecule has 106 valence electrons. The van der Waals surface area contributed by atoms with Crippen LogP contribution in [0.4, 0.5) is 15.8 Å². The van der Waals surface area contributed by atoms with E-state index in [0.29, 0.717) is 0 Å². The molecule has 0 bridgehead atoms. The van der Waals surface area contributed by atoms with Gasteiger partial charge in [0.05, 0.1) is 9.40 Å². The number of nitrogens with one attached hydrogen (secondary N) is 1. The Hall–Kier alpha value is -1.21. The summed E-state index contributed by atoms with van der Waals surface area (Å²) >= 11 is 2.94. The van der Waals surface area contributed by atoms with Gasteiger partial charge in [0.1, 0.15) is 11.5 Å². The van der Waals surface area contributed by atoms with E-state index >= 15 is 0 Å². The highest BCUT2D eigenvalue weighted by Crippen LogP contribution is 2.33. The number of anilines is 1. The molecule has 19 heavy (non-hydrogen) atoms. The summed E-state index contributed by atoms with van der Waals surface area (Å²) in [5, 5.41) is 14.0. The van der Waals surface area contributed by atoms with Gasteiger partial charge in [-0.3, -0.25) is 10.1 Å². The van der Waals surface area contributed by atoms with E-state index < -0.39 is 16.3 Å². The normalized spacial score (nSPS) is 14.3. The Labute approximate surface area is 119 Å². The maximum atomic E-state index is 13.6. The molecule has 1 atom stereocenters. The van der Waals surface area contributed by atoms with E-state index in [1.807, 2.05) is 20.8 Å². The Morgan fingerprint density at radius 2 is 2.16 bits per heavy atom. The zero-order valence-corrected chi connectivity index (χ0v) is 12.6. The summed E-state index contributed by atoms with van der Waals surface area (Å²) in [5.74, 6) is -0.431. The first kappa shape index (κ1) is 15.8. The quantitative estimate of drug-likeness (QED) is 0.640. The molecule has 0 saturated carbocycles. The van der Waals surface area contributed by atoms with E-state index in [-0.39, 0.29) is 28.3 Å². The van der Waals surface area contributed by atoms with E-state index in [9.17, 15) is 14.5 Å². The Bertz CT molecular complexity index is 496. The number of rotatable bonds is 5. The van der Waals surface area contributed by atoms with Gasteiger partial charge in [0.25, 0.3) is 5.69 Å². The van der Waals surface area contributed by atoms with Crippen molar-refractivity contribution in [3.63, 3.8) is 0 Å². The molecule has 0 fully saturated rings. The third-order valence-corrected chi connectivity index (χ3v) is 3.96. The second-order valence-electron chi connectivity index (χ2n) is 4.94. The van der Waals surface area contributed by atoms with Crippen molar-refractivity contribution in [3.8, 4) is 0 Å². The lowest BCUT2D eigenvalue weighted by Crippen LogP contribution is -2.47. The summed E-state index contributed by atoms with van der Waals surface area (Å²) in [5.41, 5.74) is 5.11. The molecule has 1 unspecified atom stereocenters. The molecule has 0 aliphatic heterocycles. The largest absolute Gasteiger partial charge is 0.373 e. The summed E-state index contributed by atoms with van der Waals surface area (Å²) in [6.45, 7) is 6.02. The molecule has 7 heteroatoms. The fraction of sp³-hybridized carbons (Fsp3) is 0.500. The SMILES string of the molecule is CC(C)C(C)(CN)Nc1cc(F)c(Br)cc1[N+](=O)[O-]. The second-order valence-corrected chi connectivity index (χ2v) is 5.80. The minimum atomic E-state index is -0.559. The zero-order valence-electron chi connectivity index (χ0n) is 11.0. The van der Waals surface area contributed by atoms with Gasteiger partial charge in [0.2, 0.25) is 0 Å². The van der Waals surface area contributed by atoms with Gasteiger partial charge >= 0.3 is 0 Å². The minimum Gasteiger partial charge on any atom is -0.373 e. The van der Waals surface area contributed by atoms with Crippen molar-refractivity contribution in [3.05, 3.63) is 32.5 Å². The number of halogens is 2. The predicted octanol–water partition coefficient (Wildman–Crippen LogP) is 3.28. The first-order valence-corrected chi connectivity index (χ1v) is 6.62. The Kier molecular flexibility index (Phi) is 4.86. The van der Waals surface area contributed by atoms with Crippen LogP contribution in [0.25, 0.3) is 0 Å². The number of hydrogen-bond acceptors (Lipinski definition) is 4. The third-order valence-electron chi connectivity index (χ3n) is 3.35. The van der Waals surface area contributed by atoms with Gasteiger partial charge in [0.15, 0.2) is 0 Å². The van der Waals surface area contributed by atoms with E-state index in [4.69, 9.17) is 5.73 Å². The first-order valence-electron chi connectivity index (χ1n) is 5.83. The second kappa shape index (κ2) is 5.83. The molecule has 0 aromatic heterocycles. The van der Waals surface area contributed by atoms with Crippen molar-refractivity contribution in [2.75, 3.05) is 11.9 Å². The first-order chi connectivity index (χ1) is 8.71. The molecule has 0 radical (unpaired) electrons. The molecular weight excluding hydrogens is 317 g/mol. The van der Waals surface area contributed by atoms with Crippen LogP contribution in [0.15, 0.2) is 16.6 Å². The van der Waals surface area contributed by atoms with E-state index in [0.717, 1.165) is 12.1 Å². The number of hydrogen-bond donors (Lipinski definition) is 2. The molecule has 0 aliphatic carbocycles. The molecular formula is C12H17BrFN3O2. The van der Waals surface area contributed by atoms with Crippen LogP contribution in [0.3, 0.4) is 0 Å². The van der Waals surface area contributed by atoms with Crippen LogP contribution in [-0.2, 0) is 0 Å². The maximum absolute atomic E-state index is 13.6. The summed E-state index contributed by atoms with van der Waals surface area (Å²) in [4.78, 5) is 10.5. The van der Waals surface area contributed by atoms with E-state index in [1.165, 1.54) is 0 Å². The monoisotopic (exact) mass is 333 g/mol. The number of benzene rings is 1. The van der Waals surface area contributed by atoms with Gasteiger partial charge in [0, 0.05) is 24.2 Å². The molecule has 1 aromatic carbocycles. The summed E-state index contributed by atoms with van der Waals surface area (Å²) in [6.07, 6.45) is 0. The van der Waals surface area contributed by atoms with Crippen molar-refractivity contribution in [1.29, 1.82) is 0 Å². The third kappa shape index (κ3) is 3.42. The fourth-order valence-electron chi connectivity index (χ4n) is 1.53. The Morgan fingerprint density at radius 3 is 2.58 bits per heavy atom. The molecule has 0 spiro atoms. The molecule has 0 heterocycles. The van der Waals surface area contributed by atoms with Crippen LogP contribution in [0.1, 0.15) is 20.8 Å². The number of nitrogens with two attached hydrogens (primary N) is 1. The molecule has 0 amide bonds. The van der Waals surface area contributed by atoms with Crippen molar-refractivity contribution in [2.24, 2.45) is 11.7 Å². The molecule has 0 saturated heterocycles. The van der Waals surface area contributed by atoms with Crippen LogP contribution in [0, 0.1) is 21.8 Å². The zero-order chi connectivity index (χ0) is 14.8.